The molecule has 0 amide bonds. The van der Waals surface area contributed by atoms with Gasteiger partial charge >= 0.3 is 0 Å². The van der Waals surface area contributed by atoms with Gasteiger partial charge in [0.2, 0.25) is 10.0 Å². The van der Waals surface area contributed by atoms with E-state index in [-0.39, 0.29) is 16.9 Å². The van der Waals surface area contributed by atoms with Gasteiger partial charge in [0.1, 0.15) is 5.25 Å². The maximum Gasteiger partial charge on any atom is 0.221 e. The Labute approximate surface area is 118 Å². The number of thiophene rings is 1. The van der Waals surface area contributed by atoms with E-state index in [1.54, 1.807) is 0 Å². The third-order valence-corrected chi connectivity index (χ3v) is 5.90. The Kier molecular flexibility index (Phi) is 5.27. The Morgan fingerprint density at radius 1 is 1.44 bits per heavy atom. The lowest BCUT2D eigenvalue weighted by Gasteiger charge is -2.23. The molecule has 102 valence electrons. The highest BCUT2D eigenvalue weighted by molar-refractivity contribution is 7.93. The van der Waals surface area contributed by atoms with Crippen molar-refractivity contribution in [2.75, 3.05) is 0 Å². The summed E-state index contributed by atoms with van der Waals surface area (Å²) in [7, 11) is -3.54. The SMILES string of the molecule is CC(C)C(NS(=O)(=O)C(C)C(N)=S)c1cccs1. The molecule has 0 bridgehead atoms. The van der Waals surface area contributed by atoms with Crippen molar-refractivity contribution in [3.63, 3.8) is 0 Å². The molecule has 2 atom stereocenters. The van der Waals surface area contributed by atoms with Crippen LogP contribution >= 0.6 is 23.6 Å². The van der Waals surface area contributed by atoms with E-state index in [1.807, 2.05) is 31.4 Å². The van der Waals surface area contributed by atoms with Crippen LogP contribution in [0.2, 0.25) is 0 Å². The minimum Gasteiger partial charge on any atom is -0.392 e. The molecule has 0 saturated heterocycles. The van der Waals surface area contributed by atoms with E-state index in [4.69, 9.17) is 18.0 Å². The van der Waals surface area contributed by atoms with Crippen LogP contribution in [-0.4, -0.2) is 18.7 Å². The van der Waals surface area contributed by atoms with Crippen LogP contribution in [0.4, 0.5) is 0 Å². The molecule has 1 aromatic heterocycles. The van der Waals surface area contributed by atoms with Crippen molar-refractivity contribution in [3.8, 4) is 0 Å². The summed E-state index contributed by atoms with van der Waals surface area (Å²) in [5.74, 6) is 0.150. The van der Waals surface area contributed by atoms with Crippen molar-refractivity contribution >= 4 is 38.6 Å². The normalized spacial score (nSPS) is 15.6. The van der Waals surface area contributed by atoms with Gasteiger partial charge in [-0.2, -0.15) is 0 Å². The maximum atomic E-state index is 12.1. The largest absolute Gasteiger partial charge is 0.392 e. The van der Waals surface area contributed by atoms with E-state index < -0.39 is 15.3 Å². The molecule has 0 aliphatic heterocycles. The fourth-order valence-corrected chi connectivity index (χ4v) is 4.09. The molecular weight excluding hydrogens is 288 g/mol. The van der Waals surface area contributed by atoms with Gasteiger partial charge in [-0.15, -0.1) is 11.3 Å². The van der Waals surface area contributed by atoms with E-state index in [9.17, 15) is 8.42 Å². The molecule has 1 aromatic rings. The van der Waals surface area contributed by atoms with Crippen LogP contribution in [0, 0.1) is 5.92 Å². The molecule has 0 spiro atoms. The zero-order valence-electron chi connectivity index (χ0n) is 10.6. The van der Waals surface area contributed by atoms with Crippen LogP contribution in [0.15, 0.2) is 17.5 Å². The van der Waals surface area contributed by atoms with Crippen LogP contribution in [0.3, 0.4) is 0 Å². The Hall–Kier alpha value is -0.500. The predicted molar refractivity (Wildman–Crippen MR) is 80.2 cm³/mol. The first-order chi connectivity index (χ1) is 8.25. The molecular formula is C11H18N2O2S3. The standard InChI is InChI=1S/C11H18N2O2S3/c1-7(2)10(9-5-4-6-17-9)13-18(14,15)8(3)11(12)16/h4-8,10,13H,1-3H3,(H2,12,16). The number of hydrogen-bond donors (Lipinski definition) is 2. The lowest BCUT2D eigenvalue weighted by molar-refractivity contribution is 0.468. The van der Waals surface area contributed by atoms with Gasteiger partial charge in [-0.3, -0.25) is 0 Å². The van der Waals surface area contributed by atoms with Gasteiger partial charge in [0.05, 0.1) is 11.0 Å². The van der Waals surface area contributed by atoms with Crippen LogP contribution in [0.5, 0.6) is 0 Å². The fourth-order valence-electron chi connectivity index (χ4n) is 1.42. The molecule has 1 heterocycles. The summed E-state index contributed by atoms with van der Waals surface area (Å²) in [5.41, 5.74) is 5.41. The summed E-state index contributed by atoms with van der Waals surface area (Å²) < 4.78 is 26.9. The lowest BCUT2D eigenvalue weighted by atomic mass is 10.0. The van der Waals surface area contributed by atoms with Gasteiger partial charge in [0.25, 0.3) is 0 Å². The van der Waals surface area contributed by atoms with E-state index in [0.717, 1.165) is 4.88 Å². The Morgan fingerprint density at radius 3 is 2.44 bits per heavy atom. The maximum absolute atomic E-state index is 12.1. The number of rotatable bonds is 6. The Morgan fingerprint density at radius 2 is 2.06 bits per heavy atom. The van der Waals surface area contributed by atoms with Crippen molar-refractivity contribution in [2.24, 2.45) is 11.7 Å². The van der Waals surface area contributed by atoms with Crippen molar-refractivity contribution in [2.45, 2.75) is 32.1 Å². The van der Waals surface area contributed by atoms with E-state index in [2.05, 4.69) is 4.72 Å². The first-order valence-corrected chi connectivity index (χ1v) is 8.43. The molecule has 1 rings (SSSR count). The molecule has 2 unspecified atom stereocenters. The fraction of sp³-hybridized carbons (Fsp3) is 0.545. The average molecular weight is 306 g/mol. The van der Waals surface area contributed by atoms with Gasteiger partial charge in [-0.1, -0.05) is 32.1 Å². The predicted octanol–water partition coefficient (Wildman–Crippen LogP) is 2.04. The van der Waals surface area contributed by atoms with Gasteiger partial charge in [0.15, 0.2) is 0 Å². The third kappa shape index (κ3) is 3.74. The minimum atomic E-state index is -3.54. The molecule has 3 N–H and O–H groups in total. The summed E-state index contributed by atoms with van der Waals surface area (Å²) in [6.07, 6.45) is 0. The second-order valence-electron chi connectivity index (χ2n) is 4.44. The first kappa shape index (κ1) is 15.6. The lowest BCUT2D eigenvalue weighted by Crippen LogP contribution is -2.42. The van der Waals surface area contributed by atoms with Crippen LogP contribution in [0.1, 0.15) is 31.7 Å². The van der Waals surface area contributed by atoms with Gasteiger partial charge in [-0.25, -0.2) is 13.1 Å². The number of hydrogen-bond acceptors (Lipinski definition) is 4. The number of nitrogens with one attached hydrogen (secondary N) is 1. The van der Waals surface area contributed by atoms with Gasteiger partial charge in [0, 0.05) is 4.88 Å². The highest BCUT2D eigenvalue weighted by Gasteiger charge is 2.29. The average Bonchev–Trinajstić information content (AvgIpc) is 2.77. The second kappa shape index (κ2) is 6.10. The van der Waals surface area contributed by atoms with Crippen molar-refractivity contribution < 1.29 is 8.42 Å². The molecule has 7 heteroatoms. The monoisotopic (exact) mass is 306 g/mol. The minimum absolute atomic E-state index is 0.0174. The first-order valence-electron chi connectivity index (χ1n) is 5.59. The summed E-state index contributed by atoms with van der Waals surface area (Å²) in [6.45, 7) is 5.44. The second-order valence-corrected chi connectivity index (χ2v) is 7.93. The molecule has 0 aromatic carbocycles. The summed E-state index contributed by atoms with van der Waals surface area (Å²) in [4.78, 5) is 0.972. The third-order valence-electron chi connectivity index (χ3n) is 2.67. The Balaban J connectivity index is 2.96. The highest BCUT2D eigenvalue weighted by atomic mass is 32.2. The molecule has 0 fully saturated rings. The molecule has 18 heavy (non-hydrogen) atoms. The van der Waals surface area contributed by atoms with Crippen LogP contribution in [0.25, 0.3) is 0 Å². The van der Waals surface area contributed by atoms with Crippen molar-refractivity contribution in [1.29, 1.82) is 0 Å². The van der Waals surface area contributed by atoms with Crippen LogP contribution < -0.4 is 10.5 Å². The topological polar surface area (TPSA) is 72.2 Å². The van der Waals surface area contributed by atoms with Crippen molar-refractivity contribution in [1.82, 2.24) is 4.72 Å². The van der Waals surface area contributed by atoms with Crippen LogP contribution in [-0.2, 0) is 10.0 Å². The molecule has 0 saturated carbocycles. The van der Waals surface area contributed by atoms with E-state index >= 15 is 0 Å². The molecule has 0 aliphatic carbocycles. The molecule has 0 aliphatic rings. The summed E-state index contributed by atoms with van der Waals surface area (Å²) in [6, 6.07) is 3.58. The molecule has 0 radical (unpaired) electrons. The zero-order valence-corrected chi connectivity index (χ0v) is 13.0. The summed E-state index contributed by atoms with van der Waals surface area (Å²) in [5, 5.41) is 1.06. The number of nitrogens with two attached hydrogens (primary N) is 1. The van der Waals surface area contributed by atoms with E-state index in [0.29, 0.717) is 0 Å². The number of sulfonamides is 1. The summed E-state index contributed by atoms with van der Waals surface area (Å²) >= 11 is 6.28. The smallest absolute Gasteiger partial charge is 0.221 e. The van der Waals surface area contributed by atoms with Gasteiger partial charge in [-0.05, 0) is 24.3 Å². The zero-order chi connectivity index (χ0) is 13.9. The van der Waals surface area contributed by atoms with Crippen molar-refractivity contribution in [3.05, 3.63) is 22.4 Å². The number of thiocarbonyl (C=S) groups is 1. The highest BCUT2D eigenvalue weighted by Crippen LogP contribution is 2.27. The van der Waals surface area contributed by atoms with Gasteiger partial charge < -0.3 is 5.73 Å². The molecule has 4 nitrogen and oxygen atoms in total. The van der Waals surface area contributed by atoms with E-state index in [1.165, 1.54) is 18.3 Å². The Bertz CT molecular complexity index is 494. The quantitative estimate of drug-likeness (QED) is 0.789.